The van der Waals surface area contributed by atoms with Crippen LogP contribution in [0.2, 0.25) is 0 Å². The lowest BCUT2D eigenvalue weighted by molar-refractivity contribution is -0.163. The van der Waals surface area contributed by atoms with Crippen molar-refractivity contribution < 1.29 is 19.8 Å². The zero-order valence-electron chi connectivity index (χ0n) is 16.2. The average molecular weight is 413 g/mol. The van der Waals surface area contributed by atoms with Gasteiger partial charge < -0.3 is 19.7 Å². The van der Waals surface area contributed by atoms with Gasteiger partial charge in [0.15, 0.2) is 0 Å². The fourth-order valence-corrected chi connectivity index (χ4v) is 5.54. The number of β-lactam (4-membered cyclic amide) rings is 1. The summed E-state index contributed by atoms with van der Waals surface area (Å²) in [5.41, 5.74) is 1.10. The highest BCUT2D eigenvalue weighted by Crippen LogP contribution is 2.50. The molecule has 152 valence electrons. The highest BCUT2D eigenvalue weighted by molar-refractivity contribution is 8.03. The SMILES string of the molecule is CC(O)C1C(=O)N2C(C(=O)O)=C(SCCc3nccn3-c3ccccc3)[C@H](C)C12. The Hall–Kier alpha value is -2.58. The number of rotatable bonds is 7. The van der Waals surface area contributed by atoms with E-state index in [0.29, 0.717) is 17.1 Å². The summed E-state index contributed by atoms with van der Waals surface area (Å²) in [6.45, 7) is 3.52. The third-order valence-electron chi connectivity index (χ3n) is 5.65. The molecule has 2 aromatic rings. The van der Waals surface area contributed by atoms with Gasteiger partial charge in [0.1, 0.15) is 11.5 Å². The predicted molar refractivity (Wildman–Crippen MR) is 109 cm³/mol. The van der Waals surface area contributed by atoms with E-state index in [1.54, 1.807) is 13.1 Å². The monoisotopic (exact) mass is 413 g/mol. The number of carboxylic acids is 1. The number of amides is 1. The molecule has 0 aliphatic carbocycles. The standard InChI is InChI=1S/C21H23N3O4S/c1-12-17-16(13(2)25)20(26)24(17)18(21(27)28)19(12)29-11-8-15-22-9-10-23(15)14-6-4-3-5-7-14/h3-7,9-10,12-13,16-17,25H,8,11H2,1-2H3,(H,27,28)/t12-,13?,16?,17?/m1/s1. The lowest BCUT2D eigenvalue weighted by Crippen LogP contribution is -2.63. The molecule has 0 radical (unpaired) electrons. The smallest absolute Gasteiger partial charge is 0.353 e. The first-order valence-corrected chi connectivity index (χ1v) is 10.6. The second-order valence-electron chi connectivity index (χ2n) is 7.42. The van der Waals surface area contributed by atoms with Crippen LogP contribution in [0.5, 0.6) is 0 Å². The van der Waals surface area contributed by atoms with Crippen molar-refractivity contribution >= 4 is 23.6 Å². The largest absolute Gasteiger partial charge is 0.477 e. The van der Waals surface area contributed by atoms with Gasteiger partial charge in [-0.25, -0.2) is 9.78 Å². The Morgan fingerprint density at radius 1 is 1.31 bits per heavy atom. The molecule has 1 fully saturated rings. The van der Waals surface area contributed by atoms with Gasteiger partial charge in [-0.05, 0) is 19.1 Å². The number of carbonyl (C=O) groups excluding carboxylic acids is 1. The van der Waals surface area contributed by atoms with Gasteiger partial charge in [-0.3, -0.25) is 4.79 Å². The molecule has 0 saturated carbocycles. The van der Waals surface area contributed by atoms with Crippen molar-refractivity contribution in [3.8, 4) is 5.69 Å². The first-order chi connectivity index (χ1) is 13.9. The summed E-state index contributed by atoms with van der Waals surface area (Å²) in [6.07, 6.45) is 3.54. The Morgan fingerprint density at radius 2 is 2.03 bits per heavy atom. The number of nitrogens with zero attached hydrogens (tertiary/aromatic N) is 3. The van der Waals surface area contributed by atoms with Crippen molar-refractivity contribution in [2.45, 2.75) is 32.4 Å². The van der Waals surface area contributed by atoms with Gasteiger partial charge in [-0.15, -0.1) is 11.8 Å². The number of aryl methyl sites for hydroxylation is 1. The van der Waals surface area contributed by atoms with Crippen molar-refractivity contribution in [3.63, 3.8) is 0 Å². The summed E-state index contributed by atoms with van der Waals surface area (Å²) in [4.78, 5) is 30.8. The number of imidazole rings is 1. The van der Waals surface area contributed by atoms with Crippen molar-refractivity contribution in [2.75, 3.05) is 5.75 Å². The van der Waals surface area contributed by atoms with Crippen LogP contribution in [0.4, 0.5) is 0 Å². The summed E-state index contributed by atoms with van der Waals surface area (Å²) in [6, 6.07) is 9.64. The lowest BCUT2D eigenvalue weighted by atomic mass is 9.79. The molecule has 7 nitrogen and oxygen atoms in total. The lowest BCUT2D eigenvalue weighted by Gasteiger charge is -2.46. The van der Waals surface area contributed by atoms with E-state index in [0.717, 1.165) is 11.5 Å². The van der Waals surface area contributed by atoms with Crippen LogP contribution in [0.3, 0.4) is 0 Å². The van der Waals surface area contributed by atoms with Gasteiger partial charge in [0.25, 0.3) is 0 Å². The van der Waals surface area contributed by atoms with E-state index in [1.807, 2.05) is 48.0 Å². The molecule has 2 N–H and O–H groups in total. The number of hydrogen-bond donors (Lipinski definition) is 2. The second-order valence-corrected chi connectivity index (χ2v) is 8.56. The first-order valence-electron chi connectivity index (χ1n) is 9.61. The molecule has 8 heteroatoms. The highest BCUT2D eigenvalue weighted by atomic mass is 32.2. The molecular weight excluding hydrogens is 390 g/mol. The van der Waals surface area contributed by atoms with E-state index in [1.165, 1.54) is 16.7 Å². The summed E-state index contributed by atoms with van der Waals surface area (Å²) in [5, 5.41) is 19.6. The van der Waals surface area contributed by atoms with Crippen LogP contribution < -0.4 is 0 Å². The number of fused-ring (bicyclic) bond motifs is 1. The topological polar surface area (TPSA) is 95.7 Å². The molecule has 1 aromatic carbocycles. The fourth-order valence-electron chi connectivity index (χ4n) is 4.31. The molecule has 0 bridgehead atoms. The third kappa shape index (κ3) is 3.26. The van der Waals surface area contributed by atoms with Gasteiger partial charge in [0.05, 0.1) is 18.1 Å². The maximum atomic E-state index is 12.4. The molecule has 3 unspecified atom stereocenters. The minimum atomic E-state index is -1.09. The molecule has 2 aliphatic heterocycles. The molecule has 0 spiro atoms. The summed E-state index contributed by atoms with van der Waals surface area (Å²) < 4.78 is 2.02. The van der Waals surface area contributed by atoms with Crippen LogP contribution in [0.1, 0.15) is 19.7 Å². The Kier molecular flexibility index (Phi) is 5.23. The van der Waals surface area contributed by atoms with Crippen molar-refractivity contribution in [2.24, 2.45) is 11.8 Å². The third-order valence-corrected chi connectivity index (χ3v) is 6.93. The molecule has 1 saturated heterocycles. The van der Waals surface area contributed by atoms with Crippen LogP contribution in [0, 0.1) is 11.8 Å². The van der Waals surface area contributed by atoms with Gasteiger partial charge in [0, 0.05) is 41.1 Å². The minimum Gasteiger partial charge on any atom is -0.477 e. The van der Waals surface area contributed by atoms with Crippen LogP contribution in [0.25, 0.3) is 5.69 Å². The van der Waals surface area contributed by atoms with E-state index in [-0.39, 0.29) is 23.6 Å². The van der Waals surface area contributed by atoms with E-state index < -0.39 is 18.0 Å². The van der Waals surface area contributed by atoms with E-state index in [4.69, 9.17) is 0 Å². The molecule has 1 amide bonds. The number of benzene rings is 1. The Bertz CT molecular complexity index is 969. The molecular formula is C21H23N3O4S. The van der Waals surface area contributed by atoms with E-state index in [2.05, 4.69) is 4.98 Å². The first kappa shape index (κ1) is 19.7. The molecule has 1 aromatic heterocycles. The Labute approximate surface area is 173 Å². The van der Waals surface area contributed by atoms with Gasteiger partial charge in [0.2, 0.25) is 5.91 Å². The number of aliphatic hydroxyl groups is 1. The van der Waals surface area contributed by atoms with Crippen LogP contribution in [0.15, 0.2) is 53.3 Å². The second kappa shape index (κ2) is 7.68. The zero-order valence-corrected chi connectivity index (χ0v) is 17.0. The maximum absolute atomic E-state index is 12.4. The number of carbonyl (C=O) groups is 2. The van der Waals surface area contributed by atoms with Crippen LogP contribution >= 0.6 is 11.8 Å². The zero-order chi connectivity index (χ0) is 20.7. The number of aliphatic hydroxyl groups excluding tert-OH is 1. The minimum absolute atomic E-state index is 0.0702. The van der Waals surface area contributed by atoms with Crippen LogP contribution in [-0.4, -0.2) is 54.4 Å². The number of hydrogen-bond acceptors (Lipinski definition) is 5. The summed E-state index contributed by atoms with van der Waals surface area (Å²) >= 11 is 1.46. The van der Waals surface area contributed by atoms with Gasteiger partial charge in [-0.1, -0.05) is 25.1 Å². The number of para-hydroxylation sites is 1. The van der Waals surface area contributed by atoms with Crippen molar-refractivity contribution in [1.29, 1.82) is 0 Å². The molecule has 4 atom stereocenters. The number of aromatic nitrogens is 2. The number of aliphatic carboxylic acids is 1. The van der Waals surface area contributed by atoms with Crippen molar-refractivity contribution in [3.05, 3.63) is 59.2 Å². The quantitative estimate of drug-likeness (QED) is 0.677. The van der Waals surface area contributed by atoms with Gasteiger partial charge in [-0.2, -0.15) is 0 Å². The van der Waals surface area contributed by atoms with E-state index >= 15 is 0 Å². The fraction of sp³-hybridized carbons (Fsp3) is 0.381. The predicted octanol–water partition coefficient (Wildman–Crippen LogP) is 2.30. The summed E-state index contributed by atoms with van der Waals surface area (Å²) in [5.74, 6) is -0.497. The molecule has 4 rings (SSSR count). The van der Waals surface area contributed by atoms with Gasteiger partial charge >= 0.3 is 5.97 Å². The Morgan fingerprint density at radius 3 is 2.69 bits per heavy atom. The Balaban J connectivity index is 1.50. The van der Waals surface area contributed by atoms with Crippen LogP contribution in [-0.2, 0) is 16.0 Å². The van der Waals surface area contributed by atoms with Crippen molar-refractivity contribution in [1.82, 2.24) is 14.5 Å². The number of carboxylic acid groups (broad SMARTS) is 1. The highest BCUT2D eigenvalue weighted by Gasteiger charge is 2.59. The molecule has 3 heterocycles. The molecule has 29 heavy (non-hydrogen) atoms. The maximum Gasteiger partial charge on any atom is 0.353 e. The summed E-state index contributed by atoms with van der Waals surface area (Å²) in [7, 11) is 0. The number of thioether (sulfide) groups is 1. The normalized spacial score (nSPS) is 24.4. The average Bonchev–Trinajstić information content (AvgIpc) is 3.24. The van der Waals surface area contributed by atoms with E-state index in [9.17, 15) is 19.8 Å². The molecule has 2 aliphatic rings.